The normalized spacial score (nSPS) is 21.5. The highest BCUT2D eigenvalue weighted by Gasteiger charge is 2.39. The third kappa shape index (κ3) is 2.15. The lowest BCUT2D eigenvalue weighted by Crippen LogP contribution is -2.37. The monoisotopic (exact) mass is 305 g/mol. The number of carbonyl (C=O) groups excluding carboxylic acids is 1. The maximum Gasteiger partial charge on any atom is 0.308 e. The summed E-state index contributed by atoms with van der Waals surface area (Å²) >= 11 is 0. The molecule has 2 unspecified atom stereocenters. The number of benzene rings is 1. The van der Waals surface area contributed by atoms with E-state index in [0.29, 0.717) is 29.5 Å². The van der Waals surface area contributed by atoms with Gasteiger partial charge in [-0.1, -0.05) is 0 Å². The summed E-state index contributed by atoms with van der Waals surface area (Å²) in [6.45, 7) is 3.80. The van der Waals surface area contributed by atoms with Crippen LogP contribution in [0.4, 0.5) is 4.39 Å². The Morgan fingerprint density at radius 3 is 2.77 bits per heavy atom. The summed E-state index contributed by atoms with van der Waals surface area (Å²) in [5, 5.41) is 9.71. The Hall–Kier alpha value is -2.37. The maximum atomic E-state index is 13.3. The first-order valence-electron chi connectivity index (χ1n) is 7.12. The molecule has 6 heteroatoms. The van der Waals surface area contributed by atoms with Gasteiger partial charge >= 0.3 is 5.97 Å². The molecule has 1 saturated heterocycles. The molecule has 1 aliphatic heterocycles. The highest BCUT2D eigenvalue weighted by molar-refractivity contribution is 5.99. The Morgan fingerprint density at radius 1 is 1.41 bits per heavy atom. The average molecular weight is 305 g/mol. The molecule has 2 aromatic rings. The number of furan rings is 1. The van der Waals surface area contributed by atoms with E-state index < -0.39 is 23.7 Å². The van der Waals surface area contributed by atoms with Crippen LogP contribution in [0.5, 0.6) is 0 Å². The van der Waals surface area contributed by atoms with Crippen molar-refractivity contribution in [3.05, 3.63) is 35.3 Å². The zero-order valence-electron chi connectivity index (χ0n) is 12.3. The van der Waals surface area contributed by atoms with Gasteiger partial charge in [0.2, 0.25) is 0 Å². The zero-order chi connectivity index (χ0) is 16.0. The molecule has 1 N–H and O–H groups in total. The zero-order valence-corrected chi connectivity index (χ0v) is 12.3. The van der Waals surface area contributed by atoms with Crippen LogP contribution < -0.4 is 0 Å². The van der Waals surface area contributed by atoms with Crippen molar-refractivity contribution >= 4 is 22.8 Å². The van der Waals surface area contributed by atoms with Gasteiger partial charge in [-0.25, -0.2) is 4.39 Å². The molecule has 0 aliphatic carbocycles. The number of carboxylic acids is 1. The SMILES string of the molecule is Cc1c(C(=O)N2CCC(C(=O)O)C2C)oc2ccc(F)cc12. The van der Waals surface area contributed by atoms with Crippen molar-refractivity contribution in [2.75, 3.05) is 6.54 Å². The quantitative estimate of drug-likeness (QED) is 0.926. The smallest absolute Gasteiger partial charge is 0.308 e. The molecule has 1 aromatic carbocycles. The van der Waals surface area contributed by atoms with E-state index in [1.54, 1.807) is 13.8 Å². The standard InChI is InChI=1S/C16H16FNO4/c1-8-12-7-10(17)3-4-13(12)22-14(8)15(19)18-6-5-11(9(18)2)16(20)21/h3-4,7,9,11H,5-6H2,1-2H3,(H,20,21). The van der Waals surface area contributed by atoms with Crippen LogP contribution in [0.25, 0.3) is 11.0 Å². The molecule has 0 saturated carbocycles. The van der Waals surface area contributed by atoms with Gasteiger partial charge in [0.15, 0.2) is 5.76 Å². The topological polar surface area (TPSA) is 70.8 Å². The number of carboxylic acid groups (broad SMARTS) is 1. The van der Waals surface area contributed by atoms with Crippen LogP contribution in [0.1, 0.15) is 29.5 Å². The third-order valence-corrected chi connectivity index (χ3v) is 4.43. The van der Waals surface area contributed by atoms with Gasteiger partial charge in [0.1, 0.15) is 11.4 Å². The Labute approximate surface area is 126 Å². The predicted octanol–water partition coefficient (Wildman–Crippen LogP) is 2.82. The van der Waals surface area contributed by atoms with Crippen LogP contribution in [0, 0.1) is 18.7 Å². The van der Waals surface area contributed by atoms with Crippen molar-refractivity contribution < 1.29 is 23.5 Å². The maximum absolute atomic E-state index is 13.3. The van der Waals surface area contributed by atoms with Crippen LogP contribution >= 0.6 is 0 Å². The van der Waals surface area contributed by atoms with Gasteiger partial charge in [-0.15, -0.1) is 0 Å². The van der Waals surface area contributed by atoms with Gasteiger partial charge in [-0.2, -0.15) is 0 Å². The first kappa shape index (κ1) is 14.6. The molecule has 116 valence electrons. The van der Waals surface area contributed by atoms with Crippen molar-refractivity contribution in [2.24, 2.45) is 5.92 Å². The van der Waals surface area contributed by atoms with E-state index in [1.807, 2.05) is 0 Å². The Morgan fingerprint density at radius 2 is 2.14 bits per heavy atom. The van der Waals surface area contributed by atoms with Crippen molar-refractivity contribution in [3.63, 3.8) is 0 Å². The van der Waals surface area contributed by atoms with E-state index in [2.05, 4.69) is 0 Å². The largest absolute Gasteiger partial charge is 0.481 e. The van der Waals surface area contributed by atoms with E-state index in [-0.39, 0.29) is 11.7 Å². The summed E-state index contributed by atoms with van der Waals surface area (Å²) in [4.78, 5) is 25.3. The number of hydrogen-bond acceptors (Lipinski definition) is 3. The molecule has 0 bridgehead atoms. The molecular formula is C16H16FNO4. The Kier molecular flexibility index (Phi) is 3.39. The second-order valence-electron chi connectivity index (χ2n) is 5.67. The molecule has 1 amide bonds. The van der Waals surface area contributed by atoms with Gasteiger partial charge < -0.3 is 14.4 Å². The first-order chi connectivity index (χ1) is 10.4. The number of likely N-dealkylation sites (tertiary alicyclic amines) is 1. The lowest BCUT2D eigenvalue weighted by atomic mass is 10.0. The summed E-state index contributed by atoms with van der Waals surface area (Å²) in [6.07, 6.45) is 0.427. The van der Waals surface area contributed by atoms with Crippen molar-refractivity contribution in [2.45, 2.75) is 26.3 Å². The Bertz CT molecular complexity index is 767. The van der Waals surface area contributed by atoms with Gasteiger partial charge in [0.25, 0.3) is 5.91 Å². The molecule has 1 aliphatic rings. The fraction of sp³-hybridized carbons (Fsp3) is 0.375. The second-order valence-corrected chi connectivity index (χ2v) is 5.67. The highest BCUT2D eigenvalue weighted by Crippen LogP contribution is 2.31. The number of fused-ring (bicyclic) bond motifs is 1. The van der Waals surface area contributed by atoms with E-state index >= 15 is 0 Å². The number of aryl methyl sites for hydroxylation is 1. The molecule has 2 atom stereocenters. The lowest BCUT2D eigenvalue weighted by molar-refractivity contribution is -0.142. The summed E-state index contributed by atoms with van der Waals surface area (Å²) < 4.78 is 18.9. The van der Waals surface area contributed by atoms with E-state index in [1.165, 1.54) is 23.1 Å². The number of amides is 1. The summed E-state index contributed by atoms with van der Waals surface area (Å²) in [5.41, 5.74) is 1.02. The van der Waals surface area contributed by atoms with Crippen LogP contribution in [-0.2, 0) is 4.79 Å². The van der Waals surface area contributed by atoms with Gasteiger partial charge in [0, 0.05) is 23.5 Å². The minimum atomic E-state index is -0.897. The predicted molar refractivity (Wildman–Crippen MR) is 77.2 cm³/mol. The number of rotatable bonds is 2. The van der Waals surface area contributed by atoms with Crippen LogP contribution in [0.15, 0.2) is 22.6 Å². The Balaban J connectivity index is 1.96. The molecular weight excluding hydrogens is 289 g/mol. The lowest BCUT2D eigenvalue weighted by Gasteiger charge is -2.22. The summed E-state index contributed by atoms with van der Waals surface area (Å²) in [7, 11) is 0. The number of hydrogen-bond donors (Lipinski definition) is 1. The summed E-state index contributed by atoms with van der Waals surface area (Å²) in [6, 6.07) is 3.70. The minimum Gasteiger partial charge on any atom is -0.481 e. The molecule has 2 heterocycles. The number of carbonyl (C=O) groups is 2. The molecule has 3 rings (SSSR count). The summed E-state index contributed by atoms with van der Waals surface area (Å²) in [5.74, 6) is -2.04. The molecule has 1 fully saturated rings. The minimum absolute atomic E-state index is 0.151. The second kappa shape index (κ2) is 5.12. The molecule has 0 radical (unpaired) electrons. The first-order valence-corrected chi connectivity index (χ1v) is 7.12. The van der Waals surface area contributed by atoms with Gasteiger partial charge in [-0.05, 0) is 38.5 Å². The van der Waals surface area contributed by atoms with Crippen molar-refractivity contribution in [1.29, 1.82) is 0 Å². The number of nitrogens with zero attached hydrogens (tertiary/aromatic N) is 1. The molecule has 22 heavy (non-hydrogen) atoms. The van der Waals surface area contributed by atoms with Crippen LogP contribution in [0.3, 0.4) is 0 Å². The van der Waals surface area contributed by atoms with E-state index in [9.17, 15) is 14.0 Å². The molecule has 1 aromatic heterocycles. The fourth-order valence-electron chi connectivity index (χ4n) is 3.08. The van der Waals surface area contributed by atoms with Gasteiger partial charge in [0.05, 0.1) is 5.92 Å². The van der Waals surface area contributed by atoms with Gasteiger partial charge in [-0.3, -0.25) is 9.59 Å². The molecule has 0 spiro atoms. The third-order valence-electron chi connectivity index (χ3n) is 4.43. The molecule has 5 nitrogen and oxygen atoms in total. The highest BCUT2D eigenvalue weighted by atomic mass is 19.1. The van der Waals surface area contributed by atoms with Crippen molar-refractivity contribution in [3.8, 4) is 0 Å². The average Bonchev–Trinajstić information content (AvgIpc) is 3.00. The number of halogens is 1. The van der Waals surface area contributed by atoms with Crippen LogP contribution in [0.2, 0.25) is 0 Å². The fourth-order valence-corrected chi connectivity index (χ4v) is 3.08. The van der Waals surface area contributed by atoms with Crippen LogP contribution in [-0.4, -0.2) is 34.5 Å². The van der Waals surface area contributed by atoms with Crippen molar-refractivity contribution in [1.82, 2.24) is 4.90 Å². The van der Waals surface area contributed by atoms with E-state index in [0.717, 1.165) is 0 Å². The van der Waals surface area contributed by atoms with E-state index in [4.69, 9.17) is 9.52 Å². The number of aliphatic carboxylic acids is 1.